The summed E-state index contributed by atoms with van der Waals surface area (Å²) in [7, 11) is 1.30. The van der Waals surface area contributed by atoms with Crippen molar-refractivity contribution in [2.45, 2.75) is 34.6 Å². The second-order valence-corrected chi connectivity index (χ2v) is 10.1. The minimum absolute atomic E-state index is 0.258. The van der Waals surface area contributed by atoms with Gasteiger partial charge in [0.2, 0.25) is 5.91 Å². The van der Waals surface area contributed by atoms with Crippen molar-refractivity contribution in [3.63, 3.8) is 0 Å². The number of rotatable bonds is 7. The smallest absolute Gasteiger partial charge is 0.328 e. The number of nitrogens with two attached hydrogens (primary N) is 1. The van der Waals surface area contributed by atoms with Crippen LogP contribution in [0.4, 0.5) is 0 Å². The molecule has 1 aromatic carbocycles. The molecule has 1 aromatic rings. The van der Waals surface area contributed by atoms with Gasteiger partial charge in [0.1, 0.15) is 9.28 Å². The number of halogens is 2. The summed E-state index contributed by atoms with van der Waals surface area (Å²) in [5, 5.41) is 2.72. The van der Waals surface area contributed by atoms with Crippen LogP contribution in [0.3, 0.4) is 0 Å². The molecule has 0 bridgehead atoms. The number of esters is 1. The standard InChI is InChI=1S/C19H22Br2N2O3/c1-26-18(25)16(12-14-7-9-19(20,21)10-8-14)23-17(24)15(22)11-13-5-3-2-4-6-13/h2-9,15-16H,10-12,22H2,1H3,(H,23,24)/t15-,16-/m0/s1. The number of ether oxygens (including phenoxy) is 1. The van der Waals surface area contributed by atoms with E-state index in [1.807, 2.05) is 48.6 Å². The number of hydrogen-bond donors (Lipinski definition) is 2. The molecule has 1 amide bonds. The van der Waals surface area contributed by atoms with E-state index >= 15 is 0 Å². The average Bonchev–Trinajstić information content (AvgIpc) is 2.62. The number of amides is 1. The Balaban J connectivity index is 1.99. The minimum atomic E-state index is -0.775. The SMILES string of the molecule is COC(=O)[C@H](CC1=CCC(Br)(Br)C=C1)NC(=O)[C@@H](N)Cc1ccccc1. The van der Waals surface area contributed by atoms with Gasteiger partial charge < -0.3 is 15.8 Å². The summed E-state index contributed by atoms with van der Waals surface area (Å²) in [6.07, 6.45) is 7.37. The van der Waals surface area contributed by atoms with Gasteiger partial charge in [0.25, 0.3) is 0 Å². The van der Waals surface area contributed by atoms with Gasteiger partial charge in [-0.3, -0.25) is 4.79 Å². The Morgan fingerprint density at radius 2 is 1.96 bits per heavy atom. The van der Waals surface area contributed by atoms with E-state index in [0.717, 1.165) is 17.6 Å². The Labute approximate surface area is 170 Å². The van der Waals surface area contributed by atoms with Crippen molar-refractivity contribution in [1.82, 2.24) is 5.32 Å². The van der Waals surface area contributed by atoms with Crippen LogP contribution in [0.15, 0.2) is 54.1 Å². The van der Waals surface area contributed by atoms with E-state index < -0.39 is 18.1 Å². The predicted molar refractivity (Wildman–Crippen MR) is 109 cm³/mol. The van der Waals surface area contributed by atoms with E-state index in [1.165, 1.54) is 7.11 Å². The first kappa shape index (κ1) is 20.9. The molecule has 0 radical (unpaired) electrons. The third-order valence-corrected chi connectivity index (χ3v) is 5.23. The van der Waals surface area contributed by atoms with Gasteiger partial charge in [0.15, 0.2) is 0 Å². The van der Waals surface area contributed by atoms with Crippen molar-refractivity contribution >= 4 is 43.7 Å². The third kappa shape index (κ3) is 6.37. The number of benzene rings is 1. The first-order valence-corrected chi connectivity index (χ1v) is 9.83. The van der Waals surface area contributed by atoms with Crippen LogP contribution >= 0.6 is 31.9 Å². The first-order valence-electron chi connectivity index (χ1n) is 8.24. The van der Waals surface area contributed by atoms with Crippen molar-refractivity contribution in [1.29, 1.82) is 0 Å². The molecule has 2 atom stereocenters. The summed E-state index contributed by atoms with van der Waals surface area (Å²) in [5.41, 5.74) is 7.92. The number of hydrogen-bond acceptors (Lipinski definition) is 4. The van der Waals surface area contributed by atoms with E-state index in [2.05, 4.69) is 37.2 Å². The van der Waals surface area contributed by atoms with Crippen LogP contribution in [0.25, 0.3) is 0 Å². The normalized spacial score (nSPS) is 17.8. The molecule has 1 aliphatic rings. The quantitative estimate of drug-likeness (QED) is 0.459. The van der Waals surface area contributed by atoms with Gasteiger partial charge >= 0.3 is 5.97 Å². The molecule has 2 rings (SSSR count). The molecule has 0 saturated carbocycles. The topological polar surface area (TPSA) is 81.4 Å². The lowest BCUT2D eigenvalue weighted by Crippen LogP contribution is -2.49. The van der Waals surface area contributed by atoms with Crippen LogP contribution in [-0.2, 0) is 20.7 Å². The summed E-state index contributed by atoms with van der Waals surface area (Å²) in [6, 6.07) is 8.01. The van der Waals surface area contributed by atoms with Gasteiger partial charge in [-0.1, -0.05) is 80.4 Å². The van der Waals surface area contributed by atoms with Gasteiger partial charge in [-0.2, -0.15) is 0 Å². The highest BCUT2D eigenvalue weighted by Crippen LogP contribution is 2.36. The predicted octanol–water partition coefficient (Wildman–Crippen LogP) is 2.98. The van der Waals surface area contributed by atoms with Crippen LogP contribution < -0.4 is 11.1 Å². The number of carbonyl (C=O) groups excluding carboxylic acids is 2. The second-order valence-electron chi connectivity index (χ2n) is 6.16. The minimum Gasteiger partial charge on any atom is -0.467 e. The van der Waals surface area contributed by atoms with Crippen molar-refractivity contribution in [3.05, 3.63) is 59.7 Å². The number of allylic oxidation sites excluding steroid dienone is 3. The highest BCUT2D eigenvalue weighted by molar-refractivity contribution is 9.25. The Hall–Kier alpha value is -1.44. The largest absolute Gasteiger partial charge is 0.467 e. The summed E-state index contributed by atoms with van der Waals surface area (Å²) >= 11 is 7.05. The fourth-order valence-electron chi connectivity index (χ4n) is 2.59. The highest BCUT2D eigenvalue weighted by Gasteiger charge is 2.27. The molecule has 0 aromatic heterocycles. The van der Waals surface area contributed by atoms with Crippen LogP contribution in [-0.4, -0.2) is 34.3 Å². The molecule has 7 heteroatoms. The van der Waals surface area contributed by atoms with E-state index in [-0.39, 0.29) is 9.14 Å². The van der Waals surface area contributed by atoms with Gasteiger partial charge in [0, 0.05) is 6.42 Å². The monoisotopic (exact) mass is 484 g/mol. The molecular formula is C19H22Br2N2O3. The van der Waals surface area contributed by atoms with Gasteiger partial charge in [-0.15, -0.1) is 0 Å². The van der Waals surface area contributed by atoms with Crippen LogP contribution in [0.1, 0.15) is 18.4 Å². The maximum atomic E-state index is 12.4. The molecular weight excluding hydrogens is 464 g/mol. The average molecular weight is 486 g/mol. The van der Waals surface area contributed by atoms with Crippen molar-refractivity contribution in [2.24, 2.45) is 5.73 Å². The fraction of sp³-hybridized carbons (Fsp3) is 0.368. The Morgan fingerprint density at radius 3 is 2.54 bits per heavy atom. The van der Waals surface area contributed by atoms with Gasteiger partial charge in [-0.25, -0.2) is 4.79 Å². The maximum Gasteiger partial charge on any atom is 0.328 e. The second kappa shape index (κ2) is 9.48. The number of alkyl halides is 2. The fourth-order valence-corrected chi connectivity index (χ4v) is 3.18. The first-order chi connectivity index (χ1) is 12.3. The van der Waals surface area contributed by atoms with Crippen molar-refractivity contribution in [2.75, 3.05) is 7.11 Å². The molecule has 26 heavy (non-hydrogen) atoms. The summed E-state index contributed by atoms with van der Waals surface area (Å²) in [5.74, 6) is -0.867. The molecule has 140 valence electrons. The molecule has 0 aliphatic heterocycles. The van der Waals surface area contributed by atoms with Crippen LogP contribution in [0.2, 0.25) is 0 Å². The molecule has 0 heterocycles. The van der Waals surface area contributed by atoms with Gasteiger partial charge in [-0.05, 0) is 24.0 Å². The third-order valence-electron chi connectivity index (χ3n) is 4.05. The summed E-state index contributed by atoms with van der Waals surface area (Å²) < 4.78 is 4.57. The lowest BCUT2D eigenvalue weighted by atomic mass is 9.99. The zero-order valence-electron chi connectivity index (χ0n) is 14.5. The van der Waals surface area contributed by atoms with Crippen molar-refractivity contribution in [3.8, 4) is 0 Å². The number of nitrogens with one attached hydrogen (secondary N) is 1. The number of carbonyl (C=O) groups is 2. The van der Waals surface area contributed by atoms with Crippen LogP contribution in [0, 0.1) is 0 Å². The van der Waals surface area contributed by atoms with E-state index in [1.54, 1.807) is 0 Å². The summed E-state index contributed by atoms with van der Waals surface area (Å²) in [6.45, 7) is 0. The Kier molecular flexibility index (Phi) is 7.61. The van der Waals surface area contributed by atoms with E-state index in [0.29, 0.717) is 12.8 Å². The molecule has 0 saturated heterocycles. The molecule has 5 nitrogen and oxygen atoms in total. The molecule has 0 spiro atoms. The Morgan fingerprint density at radius 1 is 1.27 bits per heavy atom. The van der Waals surface area contributed by atoms with Gasteiger partial charge in [0.05, 0.1) is 13.2 Å². The van der Waals surface area contributed by atoms with Crippen molar-refractivity contribution < 1.29 is 14.3 Å². The lowest BCUT2D eigenvalue weighted by Gasteiger charge is -2.23. The lowest BCUT2D eigenvalue weighted by molar-refractivity contribution is -0.145. The molecule has 0 fully saturated rings. The molecule has 3 N–H and O–H groups in total. The molecule has 0 unspecified atom stereocenters. The summed E-state index contributed by atoms with van der Waals surface area (Å²) in [4.78, 5) is 24.5. The van der Waals surface area contributed by atoms with E-state index in [9.17, 15) is 9.59 Å². The number of methoxy groups -OCH3 is 1. The molecule has 1 aliphatic carbocycles. The zero-order chi connectivity index (χ0) is 19.2. The highest BCUT2D eigenvalue weighted by atomic mass is 79.9. The Bertz CT molecular complexity index is 702. The maximum absolute atomic E-state index is 12.4. The van der Waals surface area contributed by atoms with E-state index in [4.69, 9.17) is 10.5 Å². The zero-order valence-corrected chi connectivity index (χ0v) is 17.6. The van der Waals surface area contributed by atoms with Crippen LogP contribution in [0.5, 0.6) is 0 Å².